The molecule has 0 radical (unpaired) electrons. The molecule has 2 N–H and O–H groups in total. The van der Waals surface area contributed by atoms with Crippen LogP contribution in [0.3, 0.4) is 0 Å². The van der Waals surface area contributed by atoms with Gasteiger partial charge in [-0.15, -0.1) is 0 Å². The van der Waals surface area contributed by atoms with E-state index in [1.54, 1.807) is 0 Å². The Balaban J connectivity index is 2.21. The molecule has 20 heavy (non-hydrogen) atoms. The van der Waals surface area contributed by atoms with Gasteiger partial charge in [-0.3, -0.25) is 0 Å². The molecular weight excluding hydrogens is 254 g/mol. The Morgan fingerprint density at radius 2 is 2.10 bits per heavy atom. The molecular formula is C16H25NO3. The summed E-state index contributed by atoms with van der Waals surface area (Å²) in [7, 11) is 1.91. The molecule has 112 valence electrons. The van der Waals surface area contributed by atoms with Crippen molar-refractivity contribution < 1.29 is 14.6 Å². The molecule has 0 amide bonds. The predicted molar refractivity (Wildman–Crippen MR) is 79.3 cm³/mol. The van der Waals surface area contributed by atoms with Crippen LogP contribution in [0.4, 0.5) is 0 Å². The molecule has 1 fully saturated rings. The van der Waals surface area contributed by atoms with E-state index in [0.29, 0.717) is 6.61 Å². The van der Waals surface area contributed by atoms with Gasteiger partial charge in [-0.05, 0) is 39.3 Å². The molecule has 2 rings (SSSR count). The number of aliphatic hydroxyl groups excluding tert-OH is 1. The molecule has 1 aliphatic carbocycles. The van der Waals surface area contributed by atoms with Gasteiger partial charge in [-0.2, -0.15) is 0 Å². The lowest BCUT2D eigenvalue weighted by atomic mass is 9.94. The summed E-state index contributed by atoms with van der Waals surface area (Å²) in [5, 5.41) is 13.2. The predicted octanol–water partition coefficient (Wildman–Crippen LogP) is 2.49. The quantitative estimate of drug-likeness (QED) is 0.840. The van der Waals surface area contributed by atoms with Crippen LogP contribution in [0.25, 0.3) is 0 Å². The normalized spacial score (nSPS) is 22.6. The average molecular weight is 279 g/mol. The third-order valence-electron chi connectivity index (χ3n) is 3.66. The van der Waals surface area contributed by atoms with E-state index < -0.39 is 0 Å². The molecule has 0 spiro atoms. The first kappa shape index (κ1) is 15.1. The molecule has 1 aliphatic rings. The fourth-order valence-electron chi connectivity index (χ4n) is 2.66. The molecule has 4 nitrogen and oxygen atoms in total. The van der Waals surface area contributed by atoms with E-state index in [1.165, 1.54) is 0 Å². The van der Waals surface area contributed by atoms with Gasteiger partial charge in [-0.1, -0.05) is 18.6 Å². The minimum absolute atomic E-state index is 0.124. The van der Waals surface area contributed by atoms with Crippen molar-refractivity contribution in [3.63, 3.8) is 0 Å². The summed E-state index contributed by atoms with van der Waals surface area (Å²) in [6.07, 6.45) is 3.42. The second-order valence-corrected chi connectivity index (χ2v) is 5.22. The van der Waals surface area contributed by atoms with Gasteiger partial charge >= 0.3 is 0 Å². The van der Waals surface area contributed by atoms with E-state index >= 15 is 0 Å². The zero-order chi connectivity index (χ0) is 14.4. The van der Waals surface area contributed by atoms with E-state index in [2.05, 4.69) is 5.32 Å². The van der Waals surface area contributed by atoms with Crippen LogP contribution in [0.1, 0.15) is 38.2 Å². The van der Waals surface area contributed by atoms with Crippen molar-refractivity contribution in [2.24, 2.45) is 0 Å². The maximum atomic E-state index is 10.1. The third kappa shape index (κ3) is 3.64. The van der Waals surface area contributed by atoms with Crippen LogP contribution >= 0.6 is 0 Å². The second kappa shape index (κ2) is 7.50. The smallest absolute Gasteiger partial charge is 0.166 e. The molecule has 0 aromatic heterocycles. The summed E-state index contributed by atoms with van der Waals surface area (Å²) in [5.41, 5.74) is 1.07. The fourth-order valence-corrected chi connectivity index (χ4v) is 2.66. The van der Waals surface area contributed by atoms with Gasteiger partial charge < -0.3 is 19.9 Å². The van der Waals surface area contributed by atoms with Crippen LogP contribution in [-0.2, 0) is 6.54 Å². The molecule has 4 heteroatoms. The van der Waals surface area contributed by atoms with E-state index in [-0.39, 0.29) is 12.2 Å². The van der Waals surface area contributed by atoms with Gasteiger partial charge in [0.25, 0.3) is 0 Å². The first-order valence-electron chi connectivity index (χ1n) is 7.50. The summed E-state index contributed by atoms with van der Waals surface area (Å²) in [6.45, 7) is 3.29. The van der Waals surface area contributed by atoms with Gasteiger partial charge in [0.1, 0.15) is 6.10 Å². The fraction of sp³-hybridized carbons (Fsp3) is 0.625. The van der Waals surface area contributed by atoms with Gasteiger partial charge in [-0.25, -0.2) is 0 Å². The third-order valence-corrected chi connectivity index (χ3v) is 3.66. The Morgan fingerprint density at radius 3 is 2.80 bits per heavy atom. The first-order valence-corrected chi connectivity index (χ1v) is 7.50. The molecule has 0 aliphatic heterocycles. The molecule has 1 saturated carbocycles. The van der Waals surface area contributed by atoms with Crippen molar-refractivity contribution in [1.82, 2.24) is 5.32 Å². The van der Waals surface area contributed by atoms with E-state index in [1.807, 2.05) is 32.2 Å². The highest BCUT2D eigenvalue weighted by atomic mass is 16.5. The Labute approximate surface area is 121 Å². The van der Waals surface area contributed by atoms with Gasteiger partial charge in [0.05, 0.1) is 12.7 Å². The molecule has 2 atom stereocenters. The van der Waals surface area contributed by atoms with Gasteiger partial charge in [0, 0.05) is 12.1 Å². The minimum Gasteiger partial charge on any atom is -0.490 e. The van der Waals surface area contributed by atoms with Crippen molar-refractivity contribution >= 4 is 0 Å². The Morgan fingerprint density at radius 1 is 1.30 bits per heavy atom. The number of ether oxygens (including phenoxy) is 2. The van der Waals surface area contributed by atoms with E-state index in [4.69, 9.17) is 9.47 Å². The molecule has 0 bridgehead atoms. The summed E-state index contributed by atoms with van der Waals surface area (Å²) in [5.74, 6) is 1.53. The SMILES string of the molecule is CCOc1cccc(CNC)c1OC1CCCCC1O. The maximum absolute atomic E-state index is 10.1. The number of hydrogen-bond donors (Lipinski definition) is 2. The highest BCUT2D eigenvalue weighted by Gasteiger charge is 2.26. The van der Waals surface area contributed by atoms with Crippen LogP contribution in [0, 0.1) is 0 Å². The summed E-state index contributed by atoms with van der Waals surface area (Å²) in [6, 6.07) is 5.93. The van der Waals surface area contributed by atoms with Crippen molar-refractivity contribution in [1.29, 1.82) is 0 Å². The minimum atomic E-state index is -0.374. The van der Waals surface area contributed by atoms with E-state index in [9.17, 15) is 5.11 Å². The maximum Gasteiger partial charge on any atom is 0.166 e. The van der Waals surface area contributed by atoms with Crippen molar-refractivity contribution in [2.45, 2.75) is 51.4 Å². The number of nitrogens with one attached hydrogen (secondary N) is 1. The number of benzene rings is 1. The number of hydrogen-bond acceptors (Lipinski definition) is 4. The summed E-state index contributed by atoms with van der Waals surface area (Å²) >= 11 is 0. The van der Waals surface area contributed by atoms with E-state index in [0.717, 1.165) is 49.3 Å². The molecule has 2 unspecified atom stereocenters. The topological polar surface area (TPSA) is 50.7 Å². The summed E-state index contributed by atoms with van der Waals surface area (Å²) < 4.78 is 11.8. The van der Waals surface area contributed by atoms with Crippen LogP contribution in [-0.4, -0.2) is 31.0 Å². The second-order valence-electron chi connectivity index (χ2n) is 5.22. The van der Waals surface area contributed by atoms with Gasteiger partial charge in [0.15, 0.2) is 11.5 Å². The van der Waals surface area contributed by atoms with Crippen LogP contribution < -0.4 is 14.8 Å². The molecule has 1 aromatic carbocycles. The van der Waals surface area contributed by atoms with Crippen molar-refractivity contribution in [2.75, 3.05) is 13.7 Å². The lowest BCUT2D eigenvalue weighted by Gasteiger charge is -2.29. The number of aliphatic hydroxyl groups is 1. The monoisotopic (exact) mass is 279 g/mol. The van der Waals surface area contributed by atoms with Crippen molar-refractivity contribution in [3.8, 4) is 11.5 Å². The standard InChI is InChI=1S/C16H25NO3/c1-3-19-15-10-6-7-12(11-17-2)16(15)20-14-9-5-4-8-13(14)18/h6-7,10,13-14,17-18H,3-5,8-9,11H2,1-2H3. The first-order chi connectivity index (χ1) is 9.76. The summed E-state index contributed by atoms with van der Waals surface area (Å²) in [4.78, 5) is 0. The largest absolute Gasteiger partial charge is 0.490 e. The van der Waals surface area contributed by atoms with Crippen LogP contribution in [0.15, 0.2) is 18.2 Å². The highest BCUT2D eigenvalue weighted by molar-refractivity contribution is 5.47. The molecule has 0 heterocycles. The Bertz CT molecular complexity index is 398. The zero-order valence-corrected chi connectivity index (χ0v) is 12.4. The van der Waals surface area contributed by atoms with Crippen LogP contribution in [0.2, 0.25) is 0 Å². The number of rotatable bonds is 6. The lowest BCUT2D eigenvalue weighted by molar-refractivity contribution is 0.00492. The molecule has 1 aromatic rings. The van der Waals surface area contributed by atoms with Crippen molar-refractivity contribution in [3.05, 3.63) is 23.8 Å². The van der Waals surface area contributed by atoms with Crippen LogP contribution in [0.5, 0.6) is 11.5 Å². The van der Waals surface area contributed by atoms with Gasteiger partial charge in [0.2, 0.25) is 0 Å². The lowest BCUT2D eigenvalue weighted by Crippen LogP contribution is -2.35. The highest BCUT2D eigenvalue weighted by Crippen LogP contribution is 2.34. The molecule has 0 saturated heterocycles. The Kier molecular flexibility index (Phi) is 5.68. The average Bonchev–Trinajstić information content (AvgIpc) is 2.45. The zero-order valence-electron chi connectivity index (χ0n) is 12.4. The Hall–Kier alpha value is -1.26. The number of para-hydroxylation sites is 1.